The zero-order valence-corrected chi connectivity index (χ0v) is 15.0. The second-order valence-electron chi connectivity index (χ2n) is 6.95. The molecule has 0 bridgehead atoms. The number of likely N-dealkylation sites (tertiary alicyclic amines) is 1. The van der Waals surface area contributed by atoms with Gasteiger partial charge in [-0.1, -0.05) is 24.3 Å². The standard InChI is InChI=1S/C21H20N2O4/c1-14-6-4-7-15(12-14)22(21(26)18-10-5-11-27-18)13-23-19(24)16-8-2-3-9-17(16)20(23)25/h2-7,10-12,16-17H,8-9,13H2,1H3. The second-order valence-corrected chi connectivity index (χ2v) is 6.95. The lowest BCUT2D eigenvalue weighted by Gasteiger charge is -2.27. The van der Waals surface area contributed by atoms with Crippen LogP contribution < -0.4 is 4.90 Å². The fraction of sp³-hybridized carbons (Fsp3) is 0.286. The van der Waals surface area contributed by atoms with Crippen LogP contribution in [0.15, 0.2) is 59.2 Å². The van der Waals surface area contributed by atoms with Crippen LogP contribution in [0.25, 0.3) is 0 Å². The number of nitrogens with zero attached hydrogens (tertiary/aromatic N) is 2. The zero-order chi connectivity index (χ0) is 19.0. The van der Waals surface area contributed by atoms with Crippen molar-refractivity contribution in [3.05, 3.63) is 66.1 Å². The summed E-state index contributed by atoms with van der Waals surface area (Å²) in [5.41, 5.74) is 1.59. The fourth-order valence-corrected chi connectivity index (χ4v) is 3.74. The third-order valence-corrected chi connectivity index (χ3v) is 5.17. The van der Waals surface area contributed by atoms with Crippen molar-refractivity contribution in [3.8, 4) is 0 Å². The molecule has 4 rings (SSSR count). The van der Waals surface area contributed by atoms with Crippen molar-refractivity contribution >= 4 is 23.4 Å². The van der Waals surface area contributed by atoms with Gasteiger partial charge in [0.15, 0.2) is 5.76 Å². The van der Waals surface area contributed by atoms with Crippen molar-refractivity contribution < 1.29 is 18.8 Å². The first kappa shape index (κ1) is 17.3. The van der Waals surface area contributed by atoms with Crippen LogP contribution in [0.3, 0.4) is 0 Å². The SMILES string of the molecule is Cc1cccc(N(CN2C(=O)C3CC=CCC3C2=O)C(=O)c2ccco2)c1. The molecule has 1 aliphatic carbocycles. The Morgan fingerprint density at radius 1 is 1.11 bits per heavy atom. The zero-order valence-electron chi connectivity index (χ0n) is 15.0. The minimum absolute atomic E-state index is 0.117. The van der Waals surface area contributed by atoms with Crippen LogP contribution >= 0.6 is 0 Å². The predicted molar refractivity (Wildman–Crippen MR) is 98.8 cm³/mol. The maximum Gasteiger partial charge on any atom is 0.295 e. The molecule has 1 fully saturated rings. The van der Waals surface area contributed by atoms with Crippen molar-refractivity contribution in [1.82, 2.24) is 4.90 Å². The van der Waals surface area contributed by atoms with Gasteiger partial charge in [-0.3, -0.25) is 24.2 Å². The number of carbonyl (C=O) groups is 3. The molecule has 3 amide bonds. The number of aryl methyl sites for hydroxylation is 1. The quantitative estimate of drug-likeness (QED) is 0.617. The molecule has 1 aliphatic heterocycles. The largest absolute Gasteiger partial charge is 0.459 e. The van der Waals surface area contributed by atoms with Gasteiger partial charge in [-0.2, -0.15) is 0 Å². The van der Waals surface area contributed by atoms with E-state index in [9.17, 15) is 14.4 Å². The van der Waals surface area contributed by atoms with Gasteiger partial charge in [0, 0.05) is 5.69 Å². The molecule has 138 valence electrons. The number of amides is 3. The molecule has 2 unspecified atom stereocenters. The molecule has 6 nitrogen and oxygen atoms in total. The lowest BCUT2D eigenvalue weighted by molar-refractivity contribution is -0.139. The number of hydrogen-bond acceptors (Lipinski definition) is 4. The highest BCUT2D eigenvalue weighted by Crippen LogP contribution is 2.35. The number of rotatable bonds is 4. The Labute approximate surface area is 157 Å². The Morgan fingerprint density at radius 2 is 1.81 bits per heavy atom. The van der Waals surface area contributed by atoms with E-state index < -0.39 is 0 Å². The number of imide groups is 1. The first-order chi connectivity index (χ1) is 13.1. The molecule has 0 radical (unpaired) electrons. The summed E-state index contributed by atoms with van der Waals surface area (Å²) < 4.78 is 5.25. The van der Waals surface area contributed by atoms with E-state index in [2.05, 4.69) is 0 Å². The number of benzene rings is 1. The number of furan rings is 1. The van der Waals surface area contributed by atoms with Gasteiger partial charge in [0.25, 0.3) is 5.91 Å². The van der Waals surface area contributed by atoms with Crippen LogP contribution in [-0.2, 0) is 9.59 Å². The minimum atomic E-state index is -0.390. The normalized spacial score (nSPS) is 21.4. The van der Waals surface area contributed by atoms with Gasteiger partial charge in [-0.25, -0.2) is 0 Å². The molecule has 0 N–H and O–H groups in total. The van der Waals surface area contributed by atoms with Crippen molar-refractivity contribution in [2.24, 2.45) is 11.8 Å². The minimum Gasteiger partial charge on any atom is -0.459 e. The van der Waals surface area contributed by atoms with Crippen LogP contribution in [0.5, 0.6) is 0 Å². The number of fused-ring (bicyclic) bond motifs is 1. The summed E-state index contributed by atoms with van der Waals surface area (Å²) in [5.74, 6) is -1.28. The molecule has 2 atom stereocenters. The molecule has 1 aromatic carbocycles. The summed E-state index contributed by atoms with van der Waals surface area (Å²) in [6.45, 7) is 1.80. The highest BCUT2D eigenvalue weighted by atomic mass is 16.3. The average Bonchev–Trinajstić information content (AvgIpc) is 3.29. The molecule has 1 saturated heterocycles. The number of hydrogen-bond donors (Lipinski definition) is 0. The third kappa shape index (κ3) is 3.07. The third-order valence-electron chi connectivity index (χ3n) is 5.17. The predicted octanol–water partition coefficient (Wildman–Crippen LogP) is 3.14. The molecule has 0 saturated carbocycles. The Morgan fingerprint density at radius 3 is 2.41 bits per heavy atom. The van der Waals surface area contributed by atoms with Gasteiger partial charge in [0.1, 0.15) is 6.67 Å². The summed E-state index contributed by atoms with van der Waals surface area (Å²) in [6.07, 6.45) is 6.46. The van der Waals surface area contributed by atoms with Gasteiger partial charge in [-0.15, -0.1) is 0 Å². The summed E-state index contributed by atoms with van der Waals surface area (Å²) in [7, 11) is 0. The number of allylic oxidation sites excluding steroid dienone is 2. The van der Waals surface area contributed by atoms with Crippen LogP contribution in [-0.4, -0.2) is 29.3 Å². The van der Waals surface area contributed by atoms with E-state index >= 15 is 0 Å². The van der Waals surface area contributed by atoms with Crippen molar-refractivity contribution in [2.45, 2.75) is 19.8 Å². The van der Waals surface area contributed by atoms with Gasteiger partial charge in [0.2, 0.25) is 11.8 Å². The van der Waals surface area contributed by atoms with E-state index in [0.717, 1.165) is 5.56 Å². The van der Waals surface area contributed by atoms with Gasteiger partial charge >= 0.3 is 0 Å². The first-order valence-electron chi connectivity index (χ1n) is 8.98. The van der Waals surface area contributed by atoms with Crippen molar-refractivity contribution in [2.75, 3.05) is 11.6 Å². The van der Waals surface area contributed by atoms with Gasteiger partial charge < -0.3 is 4.42 Å². The monoisotopic (exact) mass is 364 g/mol. The number of anilines is 1. The Bertz CT molecular complexity index is 890. The van der Waals surface area contributed by atoms with Gasteiger partial charge in [-0.05, 0) is 49.6 Å². The molecular weight excluding hydrogens is 344 g/mol. The van der Waals surface area contributed by atoms with Crippen LogP contribution in [0, 0.1) is 18.8 Å². The number of carbonyl (C=O) groups excluding carboxylic acids is 3. The molecule has 2 aromatic rings. The summed E-state index contributed by atoms with van der Waals surface area (Å²) in [4.78, 5) is 41.2. The maximum absolute atomic E-state index is 13.0. The van der Waals surface area contributed by atoms with Crippen LogP contribution in [0.1, 0.15) is 29.0 Å². The summed E-state index contributed by atoms with van der Waals surface area (Å²) in [5, 5.41) is 0. The van der Waals surface area contributed by atoms with E-state index in [1.807, 2.05) is 37.3 Å². The maximum atomic E-state index is 13.0. The highest BCUT2D eigenvalue weighted by Gasteiger charge is 2.48. The summed E-state index contributed by atoms with van der Waals surface area (Å²) >= 11 is 0. The van der Waals surface area contributed by atoms with Gasteiger partial charge in [0.05, 0.1) is 18.1 Å². The molecule has 2 aliphatic rings. The molecule has 1 aromatic heterocycles. The molecular formula is C21H20N2O4. The molecule has 6 heteroatoms. The Kier molecular flexibility index (Phi) is 4.39. The van der Waals surface area contributed by atoms with Crippen LogP contribution in [0.2, 0.25) is 0 Å². The topological polar surface area (TPSA) is 70.8 Å². The first-order valence-corrected chi connectivity index (χ1v) is 8.98. The van der Waals surface area contributed by atoms with Crippen LogP contribution in [0.4, 0.5) is 5.69 Å². The van der Waals surface area contributed by atoms with E-state index in [0.29, 0.717) is 18.5 Å². The fourth-order valence-electron chi connectivity index (χ4n) is 3.74. The Balaban J connectivity index is 1.66. The smallest absolute Gasteiger partial charge is 0.295 e. The van der Waals surface area contributed by atoms with E-state index in [4.69, 9.17) is 4.42 Å². The van der Waals surface area contributed by atoms with E-state index in [1.165, 1.54) is 16.1 Å². The lowest BCUT2D eigenvalue weighted by Crippen LogP contribution is -2.44. The summed E-state index contributed by atoms with van der Waals surface area (Å²) in [6, 6.07) is 10.6. The molecule has 2 heterocycles. The van der Waals surface area contributed by atoms with E-state index in [1.54, 1.807) is 18.2 Å². The lowest BCUT2D eigenvalue weighted by atomic mass is 9.85. The Hall–Kier alpha value is -3.15. The van der Waals surface area contributed by atoms with Crippen molar-refractivity contribution in [3.63, 3.8) is 0 Å². The van der Waals surface area contributed by atoms with Crippen molar-refractivity contribution in [1.29, 1.82) is 0 Å². The molecule has 0 spiro atoms. The second kappa shape index (κ2) is 6.87. The average molecular weight is 364 g/mol. The highest BCUT2D eigenvalue weighted by molar-refractivity contribution is 6.08. The van der Waals surface area contributed by atoms with E-state index in [-0.39, 0.29) is 42.0 Å². The molecule has 27 heavy (non-hydrogen) atoms.